The fourth-order valence-corrected chi connectivity index (χ4v) is 2.75. The summed E-state index contributed by atoms with van der Waals surface area (Å²) in [4.78, 5) is 13.1. The smallest absolute Gasteiger partial charge is 0.411 e. The van der Waals surface area contributed by atoms with E-state index in [4.69, 9.17) is 4.74 Å². The molecule has 0 aromatic heterocycles. The predicted octanol–water partition coefficient (Wildman–Crippen LogP) is 2.15. The second-order valence-electron chi connectivity index (χ2n) is 6.15. The van der Waals surface area contributed by atoms with Crippen molar-refractivity contribution in [2.75, 3.05) is 0 Å². The molecule has 0 aromatic carbocycles. The van der Waals surface area contributed by atoms with Crippen molar-refractivity contribution in [1.29, 1.82) is 0 Å². The summed E-state index contributed by atoms with van der Waals surface area (Å²) in [6.07, 6.45) is -1.73. The Bertz CT molecular complexity index is 354. The van der Waals surface area contributed by atoms with Gasteiger partial charge in [0.15, 0.2) is 0 Å². The van der Waals surface area contributed by atoms with Gasteiger partial charge in [-0.2, -0.15) is 0 Å². The lowest BCUT2D eigenvalue weighted by molar-refractivity contribution is -0.0634. The first-order valence-electron chi connectivity index (χ1n) is 6.17. The highest BCUT2D eigenvalue weighted by Gasteiger charge is 2.59. The van der Waals surface area contributed by atoms with Crippen molar-refractivity contribution in [2.24, 2.45) is 0 Å². The van der Waals surface area contributed by atoms with Gasteiger partial charge >= 0.3 is 6.09 Å². The van der Waals surface area contributed by atoms with Gasteiger partial charge in [0.25, 0.3) is 5.92 Å². The van der Waals surface area contributed by atoms with Crippen LogP contribution in [0.3, 0.4) is 0 Å². The quantitative estimate of drug-likeness (QED) is 0.728. The molecule has 2 aliphatic heterocycles. The van der Waals surface area contributed by atoms with Crippen LogP contribution in [0.25, 0.3) is 0 Å². The molecular weight excluding hydrogens is 244 g/mol. The molecule has 3 atom stereocenters. The molecule has 0 saturated carbocycles. The molecule has 18 heavy (non-hydrogen) atoms. The number of nitrogens with zero attached hydrogens (tertiary/aromatic N) is 1. The summed E-state index contributed by atoms with van der Waals surface area (Å²) in [7, 11) is 0. The summed E-state index contributed by atoms with van der Waals surface area (Å²) in [5.74, 6) is -2.93. The van der Waals surface area contributed by atoms with Crippen LogP contribution in [0.1, 0.15) is 40.0 Å². The number of carbonyl (C=O) groups excluding carboxylic acids is 1. The maximum Gasteiger partial charge on any atom is 0.411 e. The number of ether oxygens (including phenoxy) is 1. The van der Waals surface area contributed by atoms with Gasteiger partial charge in [-0.25, -0.2) is 13.6 Å². The second kappa shape index (κ2) is 4.05. The normalized spacial score (nSPS) is 34.6. The molecule has 2 saturated heterocycles. The van der Waals surface area contributed by atoms with Gasteiger partial charge < -0.3 is 9.84 Å². The Balaban J connectivity index is 2.17. The number of carbonyl (C=O) groups is 1. The van der Waals surface area contributed by atoms with Crippen LogP contribution < -0.4 is 0 Å². The van der Waals surface area contributed by atoms with Crippen molar-refractivity contribution >= 4 is 6.09 Å². The van der Waals surface area contributed by atoms with Crippen LogP contribution in [0, 0.1) is 0 Å². The average Bonchev–Trinajstić information content (AvgIpc) is 2.28. The Morgan fingerprint density at radius 1 is 1.39 bits per heavy atom. The number of piperidine rings is 1. The molecular formula is C12H19F2NO3. The number of halogens is 2. The molecule has 2 rings (SSSR count). The molecule has 0 spiro atoms. The minimum Gasteiger partial charge on any atom is -0.444 e. The minimum absolute atomic E-state index is 0.0806. The zero-order valence-corrected chi connectivity index (χ0v) is 10.8. The monoisotopic (exact) mass is 263 g/mol. The van der Waals surface area contributed by atoms with E-state index >= 15 is 0 Å². The van der Waals surface area contributed by atoms with Gasteiger partial charge in [-0.15, -0.1) is 0 Å². The highest BCUT2D eigenvalue weighted by Crippen LogP contribution is 2.46. The maximum atomic E-state index is 13.8. The van der Waals surface area contributed by atoms with Gasteiger partial charge in [0.1, 0.15) is 11.6 Å². The summed E-state index contributed by atoms with van der Waals surface area (Å²) in [5, 5.41) is 9.54. The number of rotatable bonds is 0. The third-order valence-corrected chi connectivity index (χ3v) is 3.37. The van der Waals surface area contributed by atoms with Crippen LogP contribution in [-0.2, 0) is 4.74 Å². The first kappa shape index (κ1) is 13.5. The number of fused-ring (bicyclic) bond motifs is 2. The Hall–Kier alpha value is -0.910. The average molecular weight is 263 g/mol. The van der Waals surface area contributed by atoms with E-state index in [1.807, 2.05) is 0 Å². The molecule has 0 aliphatic carbocycles. The Labute approximate surface area is 105 Å². The van der Waals surface area contributed by atoms with Crippen molar-refractivity contribution in [1.82, 2.24) is 4.90 Å². The standard InChI is InChI=1S/C12H19F2NO3/c1-11(2,3)18-10(17)15-7-4-8(16)5-9(15)12(13,14)6-7/h7-9,16H,4-6H2,1-3H3/t7?,8-,9?/m0/s1. The molecule has 0 radical (unpaired) electrons. The summed E-state index contributed by atoms with van der Waals surface area (Å²) >= 11 is 0. The van der Waals surface area contributed by atoms with E-state index < -0.39 is 35.8 Å². The first-order valence-corrected chi connectivity index (χ1v) is 6.17. The summed E-state index contributed by atoms with van der Waals surface area (Å²) in [5.41, 5.74) is -0.706. The minimum atomic E-state index is -2.93. The molecule has 4 nitrogen and oxygen atoms in total. The van der Waals surface area contributed by atoms with E-state index in [1.54, 1.807) is 20.8 Å². The predicted molar refractivity (Wildman–Crippen MR) is 60.5 cm³/mol. The fraction of sp³-hybridized carbons (Fsp3) is 0.917. The Morgan fingerprint density at radius 2 is 2.00 bits per heavy atom. The SMILES string of the molecule is CC(C)(C)OC(=O)N1C2C[C@H](O)CC1C(F)(F)C2. The molecule has 1 amide bonds. The third kappa shape index (κ3) is 2.43. The molecule has 0 aromatic rings. The topological polar surface area (TPSA) is 49.8 Å². The third-order valence-electron chi connectivity index (χ3n) is 3.37. The number of hydrogen-bond acceptors (Lipinski definition) is 3. The molecule has 2 heterocycles. The van der Waals surface area contributed by atoms with Crippen LogP contribution in [0.5, 0.6) is 0 Å². The van der Waals surface area contributed by atoms with Crippen LogP contribution in [-0.4, -0.2) is 45.8 Å². The summed E-state index contributed by atoms with van der Waals surface area (Å²) < 4.78 is 32.7. The molecule has 2 bridgehead atoms. The Morgan fingerprint density at radius 3 is 2.50 bits per heavy atom. The number of alkyl halides is 2. The Kier molecular flexibility index (Phi) is 3.04. The lowest BCUT2D eigenvalue weighted by Gasteiger charge is -2.37. The second-order valence-corrected chi connectivity index (χ2v) is 6.15. The van der Waals surface area contributed by atoms with Crippen molar-refractivity contribution in [3.63, 3.8) is 0 Å². The van der Waals surface area contributed by atoms with Gasteiger partial charge in [0.05, 0.1) is 6.10 Å². The van der Waals surface area contributed by atoms with E-state index in [2.05, 4.69) is 0 Å². The van der Waals surface area contributed by atoms with E-state index in [-0.39, 0.29) is 19.3 Å². The maximum absolute atomic E-state index is 13.8. The zero-order chi connectivity index (χ0) is 13.7. The molecule has 2 aliphatic rings. The molecule has 2 fully saturated rings. The van der Waals surface area contributed by atoms with Crippen molar-refractivity contribution in [2.45, 2.75) is 69.7 Å². The first-order chi connectivity index (χ1) is 8.10. The van der Waals surface area contributed by atoms with E-state index in [0.29, 0.717) is 0 Å². The lowest BCUT2D eigenvalue weighted by Crippen LogP contribution is -2.52. The molecule has 1 N–H and O–H groups in total. The van der Waals surface area contributed by atoms with Crippen LogP contribution >= 0.6 is 0 Å². The summed E-state index contributed by atoms with van der Waals surface area (Å²) in [6.45, 7) is 5.09. The lowest BCUT2D eigenvalue weighted by atomic mass is 10.00. The number of amides is 1. The number of hydrogen-bond donors (Lipinski definition) is 1. The molecule has 6 heteroatoms. The largest absolute Gasteiger partial charge is 0.444 e. The fourth-order valence-electron chi connectivity index (χ4n) is 2.75. The summed E-state index contributed by atoms with van der Waals surface area (Å²) in [6, 6.07) is -1.86. The van der Waals surface area contributed by atoms with Gasteiger partial charge in [0, 0.05) is 12.5 Å². The number of aliphatic hydroxyl groups is 1. The van der Waals surface area contributed by atoms with Gasteiger partial charge in [0.2, 0.25) is 0 Å². The zero-order valence-electron chi connectivity index (χ0n) is 10.8. The highest BCUT2D eigenvalue weighted by molar-refractivity contribution is 5.70. The van der Waals surface area contributed by atoms with Crippen molar-refractivity contribution in [3.05, 3.63) is 0 Å². The van der Waals surface area contributed by atoms with Crippen LogP contribution in [0.15, 0.2) is 0 Å². The van der Waals surface area contributed by atoms with Gasteiger partial charge in [-0.1, -0.05) is 0 Å². The van der Waals surface area contributed by atoms with Crippen molar-refractivity contribution < 1.29 is 23.4 Å². The van der Waals surface area contributed by atoms with Crippen LogP contribution in [0.2, 0.25) is 0 Å². The van der Waals surface area contributed by atoms with E-state index in [0.717, 1.165) is 4.90 Å². The molecule has 2 unspecified atom stereocenters. The van der Waals surface area contributed by atoms with E-state index in [1.165, 1.54) is 0 Å². The van der Waals surface area contributed by atoms with Crippen LogP contribution in [0.4, 0.5) is 13.6 Å². The number of aliphatic hydroxyl groups excluding tert-OH is 1. The van der Waals surface area contributed by atoms with E-state index in [9.17, 15) is 18.7 Å². The highest BCUT2D eigenvalue weighted by atomic mass is 19.3. The van der Waals surface area contributed by atoms with Crippen molar-refractivity contribution in [3.8, 4) is 0 Å². The van der Waals surface area contributed by atoms with Gasteiger partial charge in [-0.05, 0) is 33.6 Å². The van der Waals surface area contributed by atoms with Gasteiger partial charge in [-0.3, -0.25) is 4.90 Å². The molecule has 104 valence electrons.